The van der Waals surface area contributed by atoms with Gasteiger partial charge in [0.15, 0.2) is 0 Å². The van der Waals surface area contributed by atoms with Crippen LogP contribution in [-0.4, -0.2) is 19.7 Å². The van der Waals surface area contributed by atoms with Crippen LogP contribution in [0, 0.1) is 13.8 Å². The van der Waals surface area contributed by atoms with Crippen molar-refractivity contribution in [3.05, 3.63) is 29.3 Å². The predicted octanol–water partition coefficient (Wildman–Crippen LogP) is 3.85. The molecule has 0 aliphatic rings. The summed E-state index contributed by atoms with van der Waals surface area (Å²) in [7, 11) is 0. The Hall–Kier alpha value is -1.02. The minimum atomic E-state index is 0.819. The van der Waals surface area contributed by atoms with Gasteiger partial charge in [0, 0.05) is 0 Å². The highest BCUT2D eigenvalue weighted by atomic mass is 16.5. The quantitative estimate of drug-likeness (QED) is 0.671. The largest absolute Gasteiger partial charge is 0.493 e. The molecule has 18 heavy (non-hydrogen) atoms. The summed E-state index contributed by atoms with van der Waals surface area (Å²) in [6.45, 7) is 9.54. The van der Waals surface area contributed by atoms with Crippen molar-refractivity contribution >= 4 is 0 Å². The molecule has 0 heterocycles. The standard InChI is InChI=1S/C16H27NO/c1-4-5-11-17-12-6-7-13-18-16-10-8-9-14(2)15(16)3/h8-10,17H,4-7,11-13H2,1-3H3. The Bertz CT molecular complexity index is 336. The molecular weight excluding hydrogens is 222 g/mol. The van der Waals surface area contributed by atoms with E-state index < -0.39 is 0 Å². The number of ether oxygens (including phenoxy) is 1. The minimum Gasteiger partial charge on any atom is -0.493 e. The molecule has 1 rings (SSSR count). The molecule has 0 amide bonds. The Morgan fingerprint density at radius 3 is 2.61 bits per heavy atom. The van der Waals surface area contributed by atoms with Gasteiger partial charge in [-0.1, -0.05) is 25.5 Å². The van der Waals surface area contributed by atoms with Crippen molar-refractivity contribution in [2.45, 2.75) is 46.5 Å². The van der Waals surface area contributed by atoms with E-state index in [9.17, 15) is 0 Å². The van der Waals surface area contributed by atoms with E-state index >= 15 is 0 Å². The zero-order valence-electron chi connectivity index (χ0n) is 12.1. The molecule has 0 unspecified atom stereocenters. The highest BCUT2D eigenvalue weighted by Crippen LogP contribution is 2.20. The summed E-state index contributed by atoms with van der Waals surface area (Å²) in [5.74, 6) is 1.04. The maximum absolute atomic E-state index is 5.82. The van der Waals surface area contributed by atoms with Crippen molar-refractivity contribution in [3.63, 3.8) is 0 Å². The second-order valence-electron chi connectivity index (χ2n) is 4.86. The summed E-state index contributed by atoms with van der Waals surface area (Å²) in [5.41, 5.74) is 2.56. The van der Waals surface area contributed by atoms with Crippen molar-refractivity contribution < 1.29 is 4.74 Å². The zero-order valence-corrected chi connectivity index (χ0v) is 12.1. The van der Waals surface area contributed by atoms with Crippen molar-refractivity contribution in [2.24, 2.45) is 0 Å². The second-order valence-corrected chi connectivity index (χ2v) is 4.86. The van der Waals surface area contributed by atoms with Gasteiger partial charge >= 0.3 is 0 Å². The second kappa shape index (κ2) is 8.98. The fourth-order valence-electron chi connectivity index (χ4n) is 1.84. The van der Waals surface area contributed by atoms with Gasteiger partial charge in [0.1, 0.15) is 5.75 Å². The van der Waals surface area contributed by atoms with E-state index in [1.54, 1.807) is 0 Å². The molecule has 1 aromatic rings. The van der Waals surface area contributed by atoms with Crippen LogP contribution >= 0.6 is 0 Å². The summed E-state index contributed by atoms with van der Waals surface area (Å²) in [5, 5.41) is 3.45. The first-order valence-corrected chi connectivity index (χ1v) is 7.15. The molecule has 0 saturated carbocycles. The molecule has 1 N–H and O–H groups in total. The lowest BCUT2D eigenvalue weighted by molar-refractivity contribution is 0.303. The molecule has 0 saturated heterocycles. The van der Waals surface area contributed by atoms with Gasteiger partial charge in [-0.15, -0.1) is 0 Å². The number of hydrogen-bond donors (Lipinski definition) is 1. The molecule has 1 aromatic carbocycles. The van der Waals surface area contributed by atoms with Crippen LogP contribution in [0.4, 0.5) is 0 Å². The molecule has 102 valence electrons. The average Bonchev–Trinajstić information content (AvgIpc) is 2.37. The Morgan fingerprint density at radius 1 is 1.06 bits per heavy atom. The summed E-state index contributed by atoms with van der Waals surface area (Å²) >= 11 is 0. The molecular formula is C16H27NO. The van der Waals surface area contributed by atoms with E-state index in [0.29, 0.717) is 0 Å². The van der Waals surface area contributed by atoms with Gasteiger partial charge in [-0.3, -0.25) is 0 Å². The van der Waals surface area contributed by atoms with Gasteiger partial charge in [0.2, 0.25) is 0 Å². The van der Waals surface area contributed by atoms with Gasteiger partial charge in [0.05, 0.1) is 6.61 Å². The smallest absolute Gasteiger partial charge is 0.122 e. The van der Waals surface area contributed by atoms with Crippen molar-refractivity contribution in [2.75, 3.05) is 19.7 Å². The van der Waals surface area contributed by atoms with E-state index in [-0.39, 0.29) is 0 Å². The number of aryl methyl sites for hydroxylation is 1. The molecule has 0 fully saturated rings. The van der Waals surface area contributed by atoms with Crippen LogP contribution in [0.2, 0.25) is 0 Å². The van der Waals surface area contributed by atoms with Crippen LogP contribution in [0.3, 0.4) is 0 Å². The first-order valence-electron chi connectivity index (χ1n) is 7.15. The van der Waals surface area contributed by atoms with Crippen molar-refractivity contribution in [1.29, 1.82) is 0 Å². The van der Waals surface area contributed by atoms with E-state index in [1.807, 2.05) is 0 Å². The SMILES string of the molecule is CCCCNCCCCOc1cccc(C)c1C. The van der Waals surface area contributed by atoms with E-state index in [0.717, 1.165) is 31.9 Å². The third-order valence-electron chi connectivity index (χ3n) is 3.27. The molecule has 0 aliphatic heterocycles. The monoisotopic (exact) mass is 249 g/mol. The molecule has 0 aromatic heterocycles. The maximum Gasteiger partial charge on any atom is 0.122 e. The van der Waals surface area contributed by atoms with Crippen LogP contribution in [-0.2, 0) is 0 Å². The lowest BCUT2D eigenvalue weighted by Gasteiger charge is -2.10. The van der Waals surface area contributed by atoms with Crippen molar-refractivity contribution in [3.8, 4) is 5.75 Å². The number of nitrogens with one attached hydrogen (secondary N) is 1. The first-order chi connectivity index (χ1) is 8.75. The van der Waals surface area contributed by atoms with Crippen LogP contribution in [0.1, 0.15) is 43.7 Å². The Morgan fingerprint density at radius 2 is 1.83 bits per heavy atom. The Kier molecular flexibility index (Phi) is 7.51. The lowest BCUT2D eigenvalue weighted by Crippen LogP contribution is -2.17. The van der Waals surface area contributed by atoms with Gasteiger partial charge in [-0.05, 0) is 63.4 Å². The fraction of sp³-hybridized carbons (Fsp3) is 0.625. The van der Waals surface area contributed by atoms with Crippen molar-refractivity contribution in [1.82, 2.24) is 5.32 Å². The van der Waals surface area contributed by atoms with Crippen LogP contribution in [0.25, 0.3) is 0 Å². The lowest BCUT2D eigenvalue weighted by atomic mass is 10.1. The van der Waals surface area contributed by atoms with Crippen LogP contribution < -0.4 is 10.1 Å². The van der Waals surface area contributed by atoms with Gasteiger partial charge < -0.3 is 10.1 Å². The van der Waals surface area contributed by atoms with E-state index in [4.69, 9.17) is 4.74 Å². The maximum atomic E-state index is 5.82. The average molecular weight is 249 g/mol. The molecule has 0 atom stereocenters. The first kappa shape index (κ1) is 15.0. The highest BCUT2D eigenvalue weighted by Gasteiger charge is 2.00. The predicted molar refractivity (Wildman–Crippen MR) is 78.4 cm³/mol. The highest BCUT2D eigenvalue weighted by molar-refractivity contribution is 5.38. The van der Waals surface area contributed by atoms with Gasteiger partial charge in [0.25, 0.3) is 0 Å². The number of unbranched alkanes of at least 4 members (excludes halogenated alkanes) is 2. The molecule has 0 bridgehead atoms. The topological polar surface area (TPSA) is 21.3 Å². The number of hydrogen-bond acceptors (Lipinski definition) is 2. The van der Waals surface area contributed by atoms with Gasteiger partial charge in [-0.2, -0.15) is 0 Å². The fourth-order valence-corrected chi connectivity index (χ4v) is 1.84. The number of benzene rings is 1. The summed E-state index contributed by atoms with van der Waals surface area (Å²) in [6.07, 6.45) is 4.85. The zero-order chi connectivity index (χ0) is 13.2. The van der Waals surface area contributed by atoms with Gasteiger partial charge in [-0.25, -0.2) is 0 Å². The normalized spacial score (nSPS) is 10.6. The molecule has 0 aliphatic carbocycles. The van der Waals surface area contributed by atoms with E-state index in [1.165, 1.54) is 30.4 Å². The molecule has 2 nitrogen and oxygen atoms in total. The summed E-state index contributed by atoms with van der Waals surface area (Å²) < 4.78 is 5.82. The minimum absolute atomic E-state index is 0.819. The third-order valence-corrected chi connectivity index (χ3v) is 3.27. The Labute approximate surface area is 112 Å². The number of rotatable bonds is 9. The summed E-state index contributed by atoms with van der Waals surface area (Å²) in [4.78, 5) is 0. The Balaban J connectivity index is 2.09. The molecule has 2 heteroatoms. The summed E-state index contributed by atoms with van der Waals surface area (Å²) in [6, 6.07) is 6.24. The third kappa shape index (κ3) is 5.54. The molecule has 0 radical (unpaired) electrons. The van der Waals surface area contributed by atoms with Crippen LogP contribution in [0.15, 0.2) is 18.2 Å². The van der Waals surface area contributed by atoms with E-state index in [2.05, 4.69) is 44.3 Å². The van der Waals surface area contributed by atoms with Crippen LogP contribution in [0.5, 0.6) is 5.75 Å². The molecule has 0 spiro atoms.